The Balaban J connectivity index is 1.89. The number of halogens is 1. The predicted molar refractivity (Wildman–Crippen MR) is 101 cm³/mol. The fourth-order valence-electron chi connectivity index (χ4n) is 1.88. The van der Waals surface area contributed by atoms with Gasteiger partial charge in [-0.1, -0.05) is 0 Å². The standard InChI is InChI=1S/C17H18IN3O2/c1-11-9-14(5-8-16(11)18)20-12(2)17(23)21-19-10-13-3-6-15(22)7-4-13/h3-10,12,20,22H,1-2H3,(H,21,23)/b19-10+. The van der Waals surface area contributed by atoms with Crippen molar-refractivity contribution < 1.29 is 9.90 Å². The Bertz CT molecular complexity index is 714. The zero-order valence-corrected chi connectivity index (χ0v) is 15.0. The van der Waals surface area contributed by atoms with Crippen LogP contribution in [0.4, 0.5) is 5.69 Å². The van der Waals surface area contributed by atoms with Gasteiger partial charge in [-0.3, -0.25) is 4.79 Å². The van der Waals surface area contributed by atoms with E-state index in [0.29, 0.717) is 0 Å². The highest BCUT2D eigenvalue weighted by molar-refractivity contribution is 14.1. The highest BCUT2D eigenvalue weighted by Gasteiger charge is 2.11. The van der Waals surface area contributed by atoms with Crippen LogP contribution in [0, 0.1) is 10.5 Å². The van der Waals surface area contributed by atoms with Crippen molar-refractivity contribution in [2.24, 2.45) is 5.10 Å². The first kappa shape index (κ1) is 17.3. The SMILES string of the molecule is Cc1cc(NC(C)C(=O)N/N=C/c2ccc(O)cc2)ccc1I. The Morgan fingerprint density at radius 2 is 1.96 bits per heavy atom. The van der Waals surface area contributed by atoms with Crippen molar-refractivity contribution >= 4 is 40.4 Å². The molecule has 1 unspecified atom stereocenters. The molecule has 2 rings (SSSR count). The van der Waals surface area contributed by atoms with E-state index >= 15 is 0 Å². The lowest BCUT2D eigenvalue weighted by Gasteiger charge is -2.14. The third-order valence-electron chi connectivity index (χ3n) is 3.22. The van der Waals surface area contributed by atoms with Crippen LogP contribution in [0.1, 0.15) is 18.1 Å². The molecule has 3 N–H and O–H groups in total. The van der Waals surface area contributed by atoms with Crippen LogP contribution in [-0.2, 0) is 4.79 Å². The van der Waals surface area contributed by atoms with E-state index in [0.717, 1.165) is 16.8 Å². The molecule has 23 heavy (non-hydrogen) atoms. The van der Waals surface area contributed by atoms with Gasteiger partial charge in [-0.2, -0.15) is 5.10 Å². The Hall–Kier alpha value is -2.09. The van der Waals surface area contributed by atoms with Crippen LogP contribution in [-0.4, -0.2) is 23.3 Å². The van der Waals surface area contributed by atoms with Gasteiger partial charge in [0.25, 0.3) is 5.91 Å². The number of hydrazone groups is 1. The molecule has 2 aromatic carbocycles. The number of hydrogen-bond acceptors (Lipinski definition) is 4. The Morgan fingerprint density at radius 3 is 2.61 bits per heavy atom. The van der Waals surface area contributed by atoms with Crippen molar-refractivity contribution in [1.29, 1.82) is 0 Å². The van der Waals surface area contributed by atoms with Crippen LogP contribution in [0.2, 0.25) is 0 Å². The number of phenolic OH excluding ortho intramolecular Hbond substituents is 1. The highest BCUT2D eigenvalue weighted by atomic mass is 127. The van der Waals surface area contributed by atoms with E-state index in [1.807, 2.05) is 25.1 Å². The number of nitrogens with zero attached hydrogens (tertiary/aromatic N) is 1. The number of benzene rings is 2. The van der Waals surface area contributed by atoms with Crippen LogP contribution in [0.15, 0.2) is 47.6 Å². The van der Waals surface area contributed by atoms with E-state index in [2.05, 4.69) is 38.4 Å². The molecule has 6 heteroatoms. The summed E-state index contributed by atoms with van der Waals surface area (Å²) >= 11 is 2.27. The van der Waals surface area contributed by atoms with Gasteiger partial charge in [0.15, 0.2) is 0 Å². The number of amides is 1. The zero-order valence-electron chi connectivity index (χ0n) is 12.9. The molecule has 0 aliphatic rings. The van der Waals surface area contributed by atoms with Crippen LogP contribution in [0.3, 0.4) is 0 Å². The van der Waals surface area contributed by atoms with Gasteiger partial charge in [0, 0.05) is 9.26 Å². The van der Waals surface area contributed by atoms with Crippen LogP contribution in [0.25, 0.3) is 0 Å². The molecule has 0 spiro atoms. The Labute approximate surface area is 148 Å². The van der Waals surface area contributed by atoms with Gasteiger partial charge in [0.2, 0.25) is 0 Å². The van der Waals surface area contributed by atoms with E-state index in [4.69, 9.17) is 0 Å². The average molecular weight is 423 g/mol. The summed E-state index contributed by atoms with van der Waals surface area (Å²) in [6.07, 6.45) is 1.53. The molecule has 0 bridgehead atoms. The second kappa shape index (κ2) is 7.96. The highest BCUT2D eigenvalue weighted by Crippen LogP contribution is 2.17. The maximum absolute atomic E-state index is 12.0. The molecule has 0 radical (unpaired) electrons. The van der Waals surface area contributed by atoms with Crippen molar-refractivity contribution in [2.45, 2.75) is 19.9 Å². The maximum Gasteiger partial charge on any atom is 0.262 e. The summed E-state index contributed by atoms with van der Waals surface area (Å²) in [5, 5.41) is 16.3. The number of anilines is 1. The number of phenols is 1. The van der Waals surface area contributed by atoms with Gasteiger partial charge in [-0.15, -0.1) is 0 Å². The molecular weight excluding hydrogens is 405 g/mol. The van der Waals surface area contributed by atoms with Crippen LogP contribution >= 0.6 is 22.6 Å². The van der Waals surface area contributed by atoms with Gasteiger partial charge in [-0.05, 0) is 90.0 Å². The van der Waals surface area contributed by atoms with E-state index in [1.165, 1.54) is 9.78 Å². The number of carbonyl (C=O) groups is 1. The number of rotatable bonds is 5. The number of carbonyl (C=O) groups excluding carboxylic acids is 1. The molecule has 0 saturated carbocycles. The molecule has 0 fully saturated rings. The first-order chi connectivity index (χ1) is 11.0. The summed E-state index contributed by atoms with van der Waals surface area (Å²) in [6.45, 7) is 3.80. The molecule has 0 aliphatic carbocycles. The van der Waals surface area contributed by atoms with Crippen molar-refractivity contribution in [1.82, 2.24) is 5.43 Å². The van der Waals surface area contributed by atoms with Crippen LogP contribution < -0.4 is 10.7 Å². The summed E-state index contributed by atoms with van der Waals surface area (Å²) in [6, 6.07) is 12.1. The molecular formula is C17H18IN3O2. The van der Waals surface area contributed by atoms with Gasteiger partial charge < -0.3 is 10.4 Å². The summed E-state index contributed by atoms with van der Waals surface area (Å²) in [5.74, 6) is -0.0342. The van der Waals surface area contributed by atoms with Gasteiger partial charge in [-0.25, -0.2) is 5.43 Å². The van der Waals surface area contributed by atoms with E-state index in [9.17, 15) is 9.90 Å². The zero-order chi connectivity index (χ0) is 16.8. The quantitative estimate of drug-likeness (QED) is 0.393. The average Bonchev–Trinajstić information content (AvgIpc) is 2.52. The Kier molecular flexibility index (Phi) is 5.97. The molecule has 5 nitrogen and oxygen atoms in total. The topological polar surface area (TPSA) is 73.7 Å². The monoisotopic (exact) mass is 423 g/mol. The van der Waals surface area contributed by atoms with E-state index < -0.39 is 6.04 Å². The normalized spacial score (nSPS) is 12.1. The lowest BCUT2D eigenvalue weighted by atomic mass is 10.2. The van der Waals surface area contributed by atoms with Gasteiger partial charge >= 0.3 is 0 Å². The lowest BCUT2D eigenvalue weighted by molar-refractivity contribution is -0.121. The smallest absolute Gasteiger partial charge is 0.262 e. The first-order valence-electron chi connectivity index (χ1n) is 7.10. The molecule has 1 atom stereocenters. The molecule has 1 amide bonds. The van der Waals surface area contributed by atoms with Crippen molar-refractivity contribution in [3.63, 3.8) is 0 Å². The second-order valence-corrected chi connectivity index (χ2v) is 6.32. The fraction of sp³-hybridized carbons (Fsp3) is 0.176. The predicted octanol–water partition coefficient (Wildman–Crippen LogP) is 3.26. The summed E-state index contributed by atoms with van der Waals surface area (Å²) < 4.78 is 1.18. The second-order valence-electron chi connectivity index (χ2n) is 5.16. The van der Waals surface area contributed by atoms with E-state index in [-0.39, 0.29) is 11.7 Å². The molecule has 2 aromatic rings. The van der Waals surface area contributed by atoms with E-state index in [1.54, 1.807) is 31.2 Å². The minimum atomic E-state index is -0.411. The lowest BCUT2D eigenvalue weighted by Crippen LogP contribution is -2.34. The first-order valence-corrected chi connectivity index (χ1v) is 8.18. The molecule has 0 aromatic heterocycles. The Morgan fingerprint density at radius 1 is 1.26 bits per heavy atom. The number of hydrogen-bond donors (Lipinski definition) is 3. The number of aryl methyl sites for hydroxylation is 1. The number of nitrogens with one attached hydrogen (secondary N) is 2. The van der Waals surface area contributed by atoms with Crippen molar-refractivity contribution in [3.8, 4) is 5.75 Å². The number of aromatic hydroxyl groups is 1. The largest absolute Gasteiger partial charge is 0.508 e. The van der Waals surface area contributed by atoms with Crippen molar-refractivity contribution in [2.75, 3.05) is 5.32 Å². The third kappa shape index (κ3) is 5.24. The minimum absolute atomic E-state index is 0.192. The molecule has 120 valence electrons. The molecule has 0 heterocycles. The molecule has 0 aliphatic heterocycles. The summed E-state index contributed by atoms with van der Waals surface area (Å²) in [5.41, 5.74) is 5.34. The van der Waals surface area contributed by atoms with Gasteiger partial charge in [0.1, 0.15) is 11.8 Å². The maximum atomic E-state index is 12.0. The summed E-state index contributed by atoms with van der Waals surface area (Å²) in [4.78, 5) is 12.0. The van der Waals surface area contributed by atoms with Gasteiger partial charge in [0.05, 0.1) is 6.21 Å². The third-order valence-corrected chi connectivity index (χ3v) is 4.43. The fourth-order valence-corrected chi connectivity index (χ4v) is 2.21. The minimum Gasteiger partial charge on any atom is -0.508 e. The molecule has 0 saturated heterocycles. The summed E-state index contributed by atoms with van der Waals surface area (Å²) in [7, 11) is 0. The van der Waals surface area contributed by atoms with Crippen LogP contribution in [0.5, 0.6) is 5.75 Å². The van der Waals surface area contributed by atoms with Crippen molar-refractivity contribution in [3.05, 3.63) is 57.2 Å².